The van der Waals surface area contributed by atoms with Crippen molar-refractivity contribution in [3.8, 4) is 5.75 Å². The summed E-state index contributed by atoms with van der Waals surface area (Å²) in [6.45, 7) is 2.42. The third-order valence-electron chi connectivity index (χ3n) is 5.21. The van der Waals surface area contributed by atoms with Gasteiger partial charge in [-0.3, -0.25) is 14.7 Å². The molecule has 2 aromatic carbocycles. The normalized spacial score (nSPS) is 11.2. The molecule has 0 radical (unpaired) electrons. The van der Waals surface area contributed by atoms with Crippen LogP contribution in [0.3, 0.4) is 0 Å². The minimum atomic E-state index is -0.139. The molecular weight excluding hydrogens is 424 g/mol. The van der Waals surface area contributed by atoms with E-state index < -0.39 is 0 Å². The van der Waals surface area contributed by atoms with Gasteiger partial charge in [0.25, 0.3) is 5.91 Å². The number of hydrogen-bond acceptors (Lipinski definition) is 7. The minimum Gasteiger partial charge on any atom is -0.494 e. The number of para-hydroxylation sites is 1. The Balaban J connectivity index is 1.55. The van der Waals surface area contributed by atoms with Gasteiger partial charge < -0.3 is 4.74 Å². The van der Waals surface area contributed by atoms with Crippen LogP contribution >= 0.6 is 11.3 Å². The summed E-state index contributed by atoms with van der Waals surface area (Å²) in [5.41, 5.74) is 4.30. The van der Waals surface area contributed by atoms with Crippen LogP contribution in [0.15, 0.2) is 60.9 Å². The first kappa shape index (κ1) is 20.1. The number of rotatable bonds is 6. The Labute approximate surface area is 188 Å². The number of pyridine rings is 1. The Morgan fingerprint density at radius 1 is 1.16 bits per heavy atom. The third-order valence-corrected chi connectivity index (χ3v) is 6.43. The molecule has 3 heterocycles. The van der Waals surface area contributed by atoms with E-state index >= 15 is 0 Å². The van der Waals surface area contributed by atoms with E-state index in [4.69, 9.17) is 9.72 Å². The van der Waals surface area contributed by atoms with Gasteiger partial charge in [0.1, 0.15) is 23.3 Å². The molecule has 0 bridgehead atoms. The number of nitrogens with zero attached hydrogens (tertiary/aromatic N) is 6. The number of thiazole rings is 1. The van der Waals surface area contributed by atoms with Crippen LogP contribution in [0.5, 0.6) is 5.75 Å². The monoisotopic (exact) mass is 444 g/mol. The highest BCUT2D eigenvalue weighted by Gasteiger charge is 2.23. The lowest BCUT2D eigenvalue weighted by atomic mass is 10.2. The molecule has 1 amide bonds. The van der Waals surface area contributed by atoms with Crippen molar-refractivity contribution < 1.29 is 9.53 Å². The van der Waals surface area contributed by atoms with E-state index in [0.717, 1.165) is 32.4 Å². The summed E-state index contributed by atoms with van der Waals surface area (Å²) in [4.78, 5) is 24.2. The fourth-order valence-electron chi connectivity index (χ4n) is 3.56. The predicted molar refractivity (Wildman–Crippen MR) is 124 cm³/mol. The van der Waals surface area contributed by atoms with Crippen molar-refractivity contribution in [1.82, 2.24) is 25.0 Å². The van der Waals surface area contributed by atoms with Gasteiger partial charge >= 0.3 is 0 Å². The Bertz CT molecular complexity index is 1410. The highest BCUT2D eigenvalue weighted by molar-refractivity contribution is 7.22. The summed E-state index contributed by atoms with van der Waals surface area (Å²) in [6.07, 6.45) is 3.47. The summed E-state index contributed by atoms with van der Waals surface area (Å²) in [7, 11) is 1.62. The Kier molecular flexibility index (Phi) is 5.24. The van der Waals surface area contributed by atoms with E-state index in [0.29, 0.717) is 17.4 Å². The molecule has 8 nitrogen and oxygen atoms in total. The highest BCUT2D eigenvalue weighted by Crippen LogP contribution is 2.37. The minimum absolute atomic E-state index is 0.0484. The zero-order chi connectivity index (χ0) is 22.1. The smallest absolute Gasteiger partial charge is 0.250 e. The molecule has 0 N–H and O–H groups in total. The van der Waals surface area contributed by atoms with Gasteiger partial charge in [-0.15, -0.1) is 5.10 Å². The van der Waals surface area contributed by atoms with Crippen LogP contribution in [0.4, 0.5) is 5.13 Å². The molecule has 5 rings (SSSR count). The van der Waals surface area contributed by atoms with E-state index in [9.17, 15) is 4.79 Å². The number of carbonyl (C=O) groups excluding carboxylic acids is 1. The molecule has 0 aliphatic carbocycles. The SMILES string of the molecule is COc1ccc(C)c2sc(N(Cc3cccnc3)C(=O)Cn3nnc4ccccc43)nc12. The van der Waals surface area contributed by atoms with E-state index in [-0.39, 0.29) is 12.5 Å². The van der Waals surface area contributed by atoms with Gasteiger partial charge in [0.15, 0.2) is 5.13 Å². The average molecular weight is 445 g/mol. The van der Waals surface area contributed by atoms with E-state index in [1.54, 1.807) is 29.1 Å². The van der Waals surface area contributed by atoms with Gasteiger partial charge in [0.2, 0.25) is 0 Å². The van der Waals surface area contributed by atoms with Gasteiger partial charge in [-0.05, 0) is 42.3 Å². The number of ether oxygens (including phenoxy) is 1. The van der Waals surface area contributed by atoms with Crippen molar-refractivity contribution in [3.05, 3.63) is 72.1 Å². The second kappa shape index (κ2) is 8.35. The van der Waals surface area contributed by atoms with Crippen molar-refractivity contribution in [2.24, 2.45) is 0 Å². The molecule has 0 atom stereocenters. The van der Waals surface area contributed by atoms with Crippen LogP contribution in [0.1, 0.15) is 11.1 Å². The van der Waals surface area contributed by atoms with Crippen molar-refractivity contribution in [2.75, 3.05) is 12.0 Å². The number of aromatic nitrogens is 5. The van der Waals surface area contributed by atoms with Crippen molar-refractivity contribution in [3.63, 3.8) is 0 Å². The molecule has 0 aliphatic rings. The lowest BCUT2D eigenvalue weighted by Crippen LogP contribution is -2.33. The summed E-state index contributed by atoms with van der Waals surface area (Å²) in [5, 5.41) is 8.93. The van der Waals surface area contributed by atoms with Gasteiger partial charge in [0.05, 0.1) is 23.9 Å². The molecule has 32 heavy (non-hydrogen) atoms. The molecule has 3 aromatic heterocycles. The van der Waals surface area contributed by atoms with Gasteiger partial charge in [-0.2, -0.15) is 0 Å². The van der Waals surface area contributed by atoms with Gasteiger partial charge in [-0.1, -0.05) is 40.8 Å². The first-order valence-electron chi connectivity index (χ1n) is 10.1. The molecule has 0 fully saturated rings. The first-order valence-corrected chi connectivity index (χ1v) is 10.9. The second-order valence-corrected chi connectivity index (χ2v) is 8.31. The molecule has 0 spiro atoms. The Hall–Kier alpha value is -3.85. The predicted octanol–water partition coefficient (Wildman–Crippen LogP) is 3.99. The van der Waals surface area contributed by atoms with Crippen molar-refractivity contribution in [2.45, 2.75) is 20.0 Å². The summed E-state index contributed by atoms with van der Waals surface area (Å²) < 4.78 is 8.11. The number of methoxy groups -OCH3 is 1. The zero-order valence-electron chi connectivity index (χ0n) is 17.6. The van der Waals surface area contributed by atoms with E-state index in [1.165, 1.54) is 11.3 Å². The number of hydrogen-bond donors (Lipinski definition) is 0. The number of benzene rings is 2. The number of carbonyl (C=O) groups is 1. The molecule has 0 aliphatic heterocycles. The van der Waals surface area contributed by atoms with Crippen LogP contribution < -0.4 is 9.64 Å². The number of aryl methyl sites for hydroxylation is 1. The molecule has 0 saturated carbocycles. The molecule has 5 aromatic rings. The summed E-state index contributed by atoms with van der Waals surface area (Å²) >= 11 is 1.47. The average Bonchev–Trinajstić information content (AvgIpc) is 3.44. The Morgan fingerprint density at radius 2 is 2.03 bits per heavy atom. The maximum absolute atomic E-state index is 13.5. The Morgan fingerprint density at radius 3 is 2.84 bits per heavy atom. The van der Waals surface area contributed by atoms with Crippen LogP contribution in [0.25, 0.3) is 21.3 Å². The molecular formula is C23H20N6O2S. The van der Waals surface area contributed by atoms with Crippen molar-refractivity contribution in [1.29, 1.82) is 0 Å². The topological polar surface area (TPSA) is 86.0 Å². The molecule has 0 unspecified atom stereocenters. The number of fused-ring (bicyclic) bond motifs is 2. The molecule has 160 valence electrons. The summed E-state index contributed by atoms with van der Waals surface area (Å²) in [6, 6.07) is 15.3. The lowest BCUT2D eigenvalue weighted by molar-refractivity contribution is -0.119. The quantitative estimate of drug-likeness (QED) is 0.394. The lowest BCUT2D eigenvalue weighted by Gasteiger charge is -2.20. The number of anilines is 1. The van der Waals surface area contributed by atoms with Crippen LogP contribution in [-0.4, -0.2) is 38.0 Å². The van der Waals surface area contributed by atoms with E-state index in [2.05, 4.69) is 15.3 Å². The molecule has 9 heteroatoms. The fraction of sp³-hybridized carbons (Fsp3) is 0.174. The zero-order valence-corrected chi connectivity index (χ0v) is 18.4. The maximum atomic E-state index is 13.5. The fourth-order valence-corrected chi connectivity index (χ4v) is 4.63. The standard InChI is InChI=1S/C23H20N6O2S/c1-15-9-10-19(31-2)21-22(15)32-23(25-21)28(13-16-6-5-11-24-12-16)20(30)14-29-18-8-4-3-7-17(18)26-27-29/h3-12H,13-14H2,1-2H3. The number of amides is 1. The third kappa shape index (κ3) is 3.67. The maximum Gasteiger partial charge on any atom is 0.250 e. The van der Waals surface area contributed by atoms with Gasteiger partial charge in [-0.25, -0.2) is 9.67 Å². The van der Waals surface area contributed by atoms with Crippen LogP contribution in [0, 0.1) is 6.92 Å². The van der Waals surface area contributed by atoms with Crippen molar-refractivity contribution >= 4 is 43.6 Å². The first-order chi connectivity index (χ1) is 15.6. The largest absolute Gasteiger partial charge is 0.494 e. The molecule has 0 saturated heterocycles. The highest BCUT2D eigenvalue weighted by atomic mass is 32.1. The summed E-state index contributed by atoms with van der Waals surface area (Å²) in [5.74, 6) is 0.546. The van der Waals surface area contributed by atoms with Gasteiger partial charge in [0, 0.05) is 12.4 Å². The van der Waals surface area contributed by atoms with Crippen LogP contribution in [-0.2, 0) is 17.9 Å². The van der Waals surface area contributed by atoms with Crippen LogP contribution in [0.2, 0.25) is 0 Å². The van der Waals surface area contributed by atoms with E-state index in [1.807, 2.05) is 55.5 Å². The second-order valence-electron chi connectivity index (χ2n) is 7.34.